The van der Waals surface area contributed by atoms with Gasteiger partial charge in [-0.25, -0.2) is 14.8 Å². The average Bonchev–Trinajstić information content (AvgIpc) is 2.31. The summed E-state index contributed by atoms with van der Waals surface area (Å²) in [6, 6.07) is 7.50. The molecule has 0 aliphatic carbocycles. The van der Waals surface area contributed by atoms with Gasteiger partial charge in [0, 0.05) is 0 Å². The Balaban J connectivity index is 2.87. The van der Waals surface area contributed by atoms with E-state index in [0.717, 1.165) is 4.90 Å². The lowest BCUT2D eigenvalue weighted by molar-refractivity contribution is -0.107. The van der Waals surface area contributed by atoms with Crippen LogP contribution in [0.15, 0.2) is 43.0 Å². The van der Waals surface area contributed by atoms with E-state index in [1.807, 2.05) is 0 Å². The predicted octanol–water partition coefficient (Wildman–Crippen LogP) is 1.65. The highest BCUT2D eigenvalue weighted by atomic mass is 16.5. The fraction of sp³-hybridized carbons (Fsp3) is 0.0909. The summed E-state index contributed by atoms with van der Waals surface area (Å²) in [4.78, 5) is 23.2. The van der Waals surface area contributed by atoms with Crippen molar-refractivity contribution in [3.63, 3.8) is 0 Å². The van der Waals surface area contributed by atoms with Crippen LogP contribution < -0.4 is 4.90 Å². The minimum absolute atomic E-state index is 0.0456. The Morgan fingerprint density at radius 2 is 2.00 bits per heavy atom. The Morgan fingerprint density at radius 1 is 1.38 bits per heavy atom. The van der Waals surface area contributed by atoms with E-state index in [9.17, 15) is 14.8 Å². The van der Waals surface area contributed by atoms with Gasteiger partial charge in [0.1, 0.15) is 0 Å². The van der Waals surface area contributed by atoms with Gasteiger partial charge in [-0.2, -0.15) is 0 Å². The summed E-state index contributed by atoms with van der Waals surface area (Å²) in [7, 11) is 0. The summed E-state index contributed by atoms with van der Waals surface area (Å²) >= 11 is 0. The highest BCUT2D eigenvalue weighted by molar-refractivity contribution is 6.05. The smallest absolute Gasteiger partial charge is 0.284 e. The van der Waals surface area contributed by atoms with Crippen molar-refractivity contribution in [1.29, 1.82) is 0 Å². The second-order valence-corrected chi connectivity index (χ2v) is 2.96. The van der Waals surface area contributed by atoms with Gasteiger partial charge < -0.3 is 0 Å². The van der Waals surface area contributed by atoms with E-state index in [4.69, 9.17) is 0 Å². The highest BCUT2D eigenvalue weighted by Crippen LogP contribution is 2.12. The molecule has 5 heteroatoms. The Morgan fingerprint density at radius 3 is 2.50 bits per heavy atom. The summed E-state index contributed by atoms with van der Waals surface area (Å²) in [5.74, 6) is 0. The molecule has 0 aliphatic heterocycles. The number of amides is 3. The van der Waals surface area contributed by atoms with Crippen molar-refractivity contribution < 1.29 is 14.8 Å². The molecule has 5 nitrogen and oxygen atoms in total. The molecule has 0 bridgehead atoms. The molecule has 0 saturated carbocycles. The van der Waals surface area contributed by atoms with Gasteiger partial charge >= 0.3 is 6.03 Å². The van der Waals surface area contributed by atoms with Crippen LogP contribution in [0.3, 0.4) is 0 Å². The Labute approximate surface area is 93.2 Å². The third-order valence-corrected chi connectivity index (χ3v) is 1.87. The van der Waals surface area contributed by atoms with Crippen LogP contribution in [0.4, 0.5) is 10.5 Å². The molecule has 1 N–H and O–H groups in total. The van der Waals surface area contributed by atoms with Crippen LogP contribution in [0.5, 0.6) is 0 Å². The molecule has 0 atom stereocenters. The maximum atomic E-state index is 11.6. The lowest BCUT2D eigenvalue weighted by atomic mass is 10.3. The van der Waals surface area contributed by atoms with Crippen LogP contribution in [0.2, 0.25) is 0 Å². The first-order valence-electron chi connectivity index (χ1n) is 4.61. The number of para-hydroxylation sites is 1. The minimum Gasteiger partial charge on any atom is -0.284 e. The van der Waals surface area contributed by atoms with Gasteiger partial charge in [0.2, 0.25) is 6.41 Å². The van der Waals surface area contributed by atoms with Crippen LogP contribution in [-0.2, 0) is 4.79 Å². The standard InChI is InChI=1S/C11H12N2O3/c1-2-8-13(16)11(15)12(9-14)10-6-4-3-5-7-10/h2-7,9,16H,1,8H2. The average molecular weight is 220 g/mol. The van der Waals surface area contributed by atoms with Crippen molar-refractivity contribution in [3.8, 4) is 0 Å². The highest BCUT2D eigenvalue weighted by Gasteiger charge is 2.19. The van der Waals surface area contributed by atoms with Crippen LogP contribution >= 0.6 is 0 Å². The Hall–Kier alpha value is -2.14. The number of imide groups is 1. The normalized spacial score (nSPS) is 9.31. The fourth-order valence-corrected chi connectivity index (χ4v) is 1.13. The van der Waals surface area contributed by atoms with E-state index in [2.05, 4.69) is 6.58 Å². The molecular weight excluding hydrogens is 208 g/mol. The zero-order valence-corrected chi connectivity index (χ0v) is 8.61. The second-order valence-electron chi connectivity index (χ2n) is 2.96. The zero-order chi connectivity index (χ0) is 12.0. The van der Waals surface area contributed by atoms with Crippen molar-refractivity contribution in [2.24, 2.45) is 0 Å². The first-order valence-corrected chi connectivity index (χ1v) is 4.61. The topological polar surface area (TPSA) is 60.9 Å². The third-order valence-electron chi connectivity index (χ3n) is 1.87. The van der Waals surface area contributed by atoms with Crippen molar-refractivity contribution in [2.45, 2.75) is 0 Å². The van der Waals surface area contributed by atoms with Crippen LogP contribution in [-0.4, -0.2) is 29.3 Å². The summed E-state index contributed by atoms with van der Waals surface area (Å²) in [5, 5.41) is 9.70. The maximum absolute atomic E-state index is 11.6. The van der Waals surface area contributed by atoms with Gasteiger partial charge in [0.05, 0.1) is 12.2 Å². The van der Waals surface area contributed by atoms with Crippen LogP contribution in [0.1, 0.15) is 0 Å². The first-order chi connectivity index (χ1) is 7.70. The van der Waals surface area contributed by atoms with E-state index in [0.29, 0.717) is 17.2 Å². The number of hydrogen-bond donors (Lipinski definition) is 1. The van der Waals surface area contributed by atoms with Gasteiger partial charge in [-0.1, -0.05) is 24.3 Å². The molecule has 84 valence electrons. The molecule has 0 aliphatic rings. The molecule has 3 amide bonds. The number of anilines is 1. The van der Waals surface area contributed by atoms with E-state index in [1.54, 1.807) is 30.3 Å². The molecule has 1 rings (SSSR count). The number of rotatable bonds is 4. The lowest BCUT2D eigenvalue weighted by Gasteiger charge is -2.20. The number of carbonyl (C=O) groups excluding carboxylic acids is 2. The molecule has 0 fully saturated rings. The Kier molecular flexibility index (Phi) is 4.23. The molecule has 0 spiro atoms. The molecule has 0 unspecified atom stereocenters. The van der Waals surface area contributed by atoms with Gasteiger partial charge in [-0.05, 0) is 12.1 Å². The van der Waals surface area contributed by atoms with E-state index in [1.165, 1.54) is 6.08 Å². The molecule has 1 aromatic rings. The van der Waals surface area contributed by atoms with Gasteiger partial charge in [0.25, 0.3) is 0 Å². The SMILES string of the molecule is C=CCN(O)C(=O)N(C=O)c1ccccc1. The number of hydroxylamine groups is 2. The first kappa shape index (κ1) is 11.9. The van der Waals surface area contributed by atoms with Gasteiger partial charge in [0.15, 0.2) is 0 Å². The molecule has 0 saturated heterocycles. The van der Waals surface area contributed by atoms with Gasteiger partial charge in [-0.3, -0.25) is 10.0 Å². The number of hydrogen-bond acceptors (Lipinski definition) is 3. The van der Waals surface area contributed by atoms with Crippen LogP contribution in [0.25, 0.3) is 0 Å². The van der Waals surface area contributed by atoms with Gasteiger partial charge in [-0.15, -0.1) is 6.58 Å². The summed E-state index contributed by atoms with van der Waals surface area (Å²) in [5.41, 5.74) is 0.394. The summed E-state index contributed by atoms with van der Waals surface area (Å²) < 4.78 is 0. The fourth-order valence-electron chi connectivity index (χ4n) is 1.13. The summed E-state index contributed by atoms with van der Waals surface area (Å²) in [6.07, 6.45) is 1.70. The lowest BCUT2D eigenvalue weighted by Crippen LogP contribution is -2.40. The molecule has 0 radical (unpaired) electrons. The van der Waals surface area contributed by atoms with Crippen LogP contribution in [0, 0.1) is 0 Å². The molecule has 16 heavy (non-hydrogen) atoms. The molecular formula is C11H12N2O3. The predicted molar refractivity (Wildman–Crippen MR) is 59.1 cm³/mol. The number of carbonyl (C=O) groups is 2. The molecule has 0 aromatic heterocycles. The number of nitrogens with zero attached hydrogens (tertiary/aromatic N) is 2. The summed E-state index contributed by atoms with van der Waals surface area (Å²) in [6.45, 7) is 3.33. The molecule has 0 heterocycles. The second kappa shape index (κ2) is 5.67. The van der Waals surface area contributed by atoms with E-state index >= 15 is 0 Å². The van der Waals surface area contributed by atoms with Crippen molar-refractivity contribution in [3.05, 3.63) is 43.0 Å². The van der Waals surface area contributed by atoms with Crippen molar-refractivity contribution in [1.82, 2.24) is 5.06 Å². The number of urea groups is 1. The van der Waals surface area contributed by atoms with E-state index < -0.39 is 6.03 Å². The number of benzene rings is 1. The Bertz CT molecular complexity index is 378. The largest absolute Gasteiger partial charge is 0.355 e. The molecule has 1 aromatic carbocycles. The minimum atomic E-state index is -0.818. The monoisotopic (exact) mass is 220 g/mol. The maximum Gasteiger partial charge on any atom is 0.355 e. The van der Waals surface area contributed by atoms with Crippen molar-refractivity contribution >= 4 is 18.1 Å². The van der Waals surface area contributed by atoms with E-state index in [-0.39, 0.29) is 6.54 Å². The third kappa shape index (κ3) is 2.68. The quantitative estimate of drug-likeness (QED) is 0.363. The van der Waals surface area contributed by atoms with Crippen molar-refractivity contribution in [2.75, 3.05) is 11.4 Å². The zero-order valence-electron chi connectivity index (χ0n) is 8.61.